The topological polar surface area (TPSA) is 119 Å². The molecule has 0 saturated heterocycles. The number of ether oxygens (including phenoxy) is 1. The molecule has 0 fully saturated rings. The van der Waals surface area contributed by atoms with Crippen molar-refractivity contribution in [3.8, 4) is 17.2 Å². The van der Waals surface area contributed by atoms with Gasteiger partial charge in [-0.05, 0) is 66.6 Å². The van der Waals surface area contributed by atoms with Crippen molar-refractivity contribution in [3.63, 3.8) is 0 Å². The normalized spacial score (nSPS) is 12.0. The highest BCUT2D eigenvalue weighted by Crippen LogP contribution is 2.30. The van der Waals surface area contributed by atoms with Crippen molar-refractivity contribution in [3.05, 3.63) is 71.8 Å². The zero-order valence-corrected chi connectivity index (χ0v) is 18.8. The van der Waals surface area contributed by atoms with Crippen molar-refractivity contribution in [2.45, 2.75) is 24.6 Å². The molecule has 0 aliphatic rings. The van der Waals surface area contributed by atoms with E-state index in [0.717, 1.165) is 18.2 Å². The van der Waals surface area contributed by atoms with E-state index in [-0.39, 0.29) is 22.0 Å². The van der Waals surface area contributed by atoms with Crippen LogP contribution in [0.1, 0.15) is 22.8 Å². The SMILES string of the molecule is CCc1ccc(S(=O)(=O)Nc2ccc3oc(-c4ccc(OC(F)(F)F)cc4)nc3c2)cc1C(=O)O. The summed E-state index contributed by atoms with van der Waals surface area (Å²) >= 11 is 0. The molecule has 0 amide bonds. The van der Waals surface area contributed by atoms with E-state index in [1.54, 1.807) is 6.92 Å². The number of aromatic nitrogens is 1. The van der Waals surface area contributed by atoms with E-state index >= 15 is 0 Å². The van der Waals surface area contributed by atoms with E-state index in [1.165, 1.54) is 42.5 Å². The molecule has 1 heterocycles. The highest BCUT2D eigenvalue weighted by atomic mass is 32.2. The lowest BCUT2D eigenvalue weighted by Gasteiger charge is -2.10. The number of benzene rings is 3. The first kappa shape index (κ1) is 24.1. The van der Waals surface area contributed by atoms with Gasteiger partial charge in [0.15, 0.2) is 5.58 Å². The Labute approximate surface area is 197 Å². The van der Waals surface area contributed by atoms with Crippen molar-refractivity contribution >= 4 is 32.8 Å². The van der Waals surface area contributed by atoms with Crippen LogP contribution < -0.4 is 9.46 Å². The van der Waals surface area contributed by atoms with E-state index < -0.39 is 28.1 Å². The Kier molecular flexibility index (Phi) is 6.15. The Morgan fingerprint density at radius 2 is 1.80 bits per heavy atom. The molecular formula is C23H17F3N2O6S. The molecule has 0 radical (unpaired) electrons. The Morgan fingerprint density at radius 1 is 1.09 bits per heavy atom. The van der Waals surface area contributed by atoms with Gasteiger partial charge in [-0.2, -0.15) is 0 Å². The van der Waals surface area contributed by atoms with E-state index in [1.807, 2.05) is 0 Å². The number of aryl methyl sites for hydroxylation is 1. The maximum atomic E-state index is 12.8. The molecule has 0 spiro atoms. The van der Waals surface area contributed by atoms with Crippen LogP contribution in [-0.4, -0.2) is 30.8 Å². The molecule has 0 atom stereocenters. The Hall–Kier alpha value is -4.06. The van der Waals surface area contributed by atoms with Crippen molar-refractivity contribution in [2.75, 3.05) is 4.72 Å². The number of hydrogen-bond donors (Lipinski definition) is 2. The number of sulfonamides is 1. The molecule has 0 unspecified atom stereocenters. The van der Waals surface area contributed by atoms with Crippen LogP contribution in [0.4, 0.5) is 18.9 Å². The Bertz CT molecular complexity index is 1510. The van der Waals surface area contributed by atoms with Crippen molar-refractivity contribution in [1.82, 2.24) is 4.98 Å². The van der Waals surface area contributed by atoms with Gasteiger partial charge in [0.1, 0.15) is 11.3 Å². The van der Waals surface area contributed by atoms with E-state index in [9.17, 15) is 31.5 Å². The summed E-state index contributed by atoms with van der Waals surface area (Å²) in [7, 11) is -4.11. The summed E-state index contributed by atoms with van der Waals surface area (Å²) in [5.41, 5.74) is 1.56. The molecule has 8 nitrogen and oxygen atoms in total. The van der Waals surface area contributed by atoms with Crippen LogP contribution in [0.3, 0.4) is 0 Å². The molecule has 0 aliphatic heterocycles. The van der Waals surface area contributed by atoms with E-state index in [0.29, 0.717) is 28.6 Å². The summed E-state index contributed by atoms with van der Waals surface area (Å²) in [5.74, 6) is -1.51. The minimum Gasteiger partial charge on any atom is -0.478 e. The van der Waals surface area contributed by atoms with Crippen LogP contribution in [0.25, 0.3) is 22.6 Å². The minimum absolute atomic E-state index is 0.0985. The van der Waals surface area contributed by atoms with Gasteiger partial charge in [0.2, 0.25) is 5.89 Å². The number of carbonyl (C=O) groups is 1. The second-order valence-corrected chi connectivity index (χ2v) is 9.04. The molecule has 4 rings (SSSR count). The standard InChI is InChI=1S/C23H17F3N2O6S/c1-2-13-5-9-17(12-18(13)22(29)30)35(31,32)28-15-6-10-20-19(11-15)27-21(33-20)14-3-7-16(8-4-14)34-23(24,25)26/h3-12,28H,2H2,1H3,(H,29,30). The number of oxazole rings is 1. The summed E-state index contributed by atoms with van der Waals surface area (Å²) < 4.78 is 74.5. The number of alkyl halides is 3. The van der Waals surface area contributed by atoms with Gasteiger partial charge in [-0.15, -0.1) is 13.2 Å². The molecule has 35 heavy (non-hydrogen) atoms. The zero-order chi connectivity index (χ0) is 25.4. The van der Waals surface area contributed by atoms with Crippen LogP contribution in [0.15, 0.2) is 70.0 Å². The van der Waals surface area contributed by atoms with Crippen LogP contribution >= 0.6 is 0 Å². The van der Waals surface area contributed by atoms with E-state index in [4.69, 9.17) is 4.42 Å². The summed E-state index contributed by atoms with van der Waals surface area (Å²) in [4.78, 5) is 15.5. The number of anilines is 1. The third-order valence-electron chi connectivity index (χ3n) is 4.98. The molecule has 182 valence electrons. The predicted molar refractivity (Wildman–Crippen MR) is 120 cm³/mol. The first-order valence-electron chi connectivity index (χ1n) is 10.1. The van der Waals surface area contributed by atoms with Gasteiger partial charge in [-0.1, -0.05) is 13.0 Å². The summed E-state index contributed by atoms with van der Waals surface area (Å²) in [6.45, 7) is 1.76. The maximum Gasteiger partial charge on any atom is 0.573 e. The number of nitrogens with one attached hydrogen (secondary N) is 1. The highest BCUT2D eigenvalue weighted by molar-refractivity contribution is 7.92. The van der Waals surface area contributed by atoms with Crippen molar-refractivity contribution in [1.29, 1.82) is 0 Å². The molecular weight excluding hydrogens is 489 g/mol. The number of halogens is 3. The van der Waals surface area contributed by atoms with Gasteiger partial charge in [0.05, 0.1) is 16.1 Å². The predicted octanol–water partition coefficient (Wildman–Crippen LogP) is 5.45. The second kappa shape index (κ2) is 8.95. The van der Waals surface area contributed by atoms with Gasteiger partial charge in [0, 0.05) is 5.56 Å². The van der Waals surface area contributed by atoms with Gasteiger partial charge < -0.3 is 14.3 Å². The molecule has 2 N–H and O–H groups in total. The van der Waals surface area contributed by atoms with Gasteiger partial charge in [0.25, 0.3) is 10.0 Å². The summed E-state index contributed by atoms with van der Waals surface area (Å²) in [6, 6.07) is 13.1. The third-order valence-corrected chi connectivity index (χ3v) is 6.36. The largest absolute Gasteiger partial charge is 0.573 e. The van der Waals surface area contributed by atoms with Crippen LogP contribution in [-0.2, 0) is 16.4 Å². The fourth-order valence-electron chi connectivity index (χ4n) is 3.36. The second-order valence-electron chi connectivity index (χ2n) is 7.36. The van der Waals surface area contributed by atoms with E-state index in [2.05, 4.69) is 14.4 Å². The number of rotatable bonds is 7. The number of carboxylic acid groups (broad SMARTS) is 1. The maximum absolute atomic E-state index is 12.8. The number of hydrogen-bond acceptors (Lipinski definition) is 6. The van der Waals surface area contributed by atoms with Gasteiger partial charge in [-0.3, -0.25) is 4.72 Å². The number of fused-ring (bicyclic) bond motifs is 1. The lowest BCUT2D eigenvalue weighted by molar-refractivity contribution is -0.274. The Balaban J connectivity index is 1.59. The molecule has 1 aromatic heterocycles. The molecule has 12 heteroatoms. The summed E-state index contributed by atoms with van der Waals surface area (Å²) in [6.07, 6.45) is -4.38. The van der Waals surface area contributed by atoms with Crippen molar-refractivity contribution < 1.29 is 40.6 Å². The lowest BCUT2D eigenvalue weighted by atomic mass is 10.1. The monoisotopic (exact) mass is 506 g/mol. The first-order valence-corrected chi connectivity index (χ1v) is 11.6. The smallest absolute Gasteiger partial charge is 0.478 e. The minimum atomic E-state index is -4.81. The van der Waals surface area contributed by atoms with Crippen LogP contribution in [0.2, 0.25) is 0 Å². The molecule has 0 bridgehead atoms. The molecule has 3 aromatic carbocycles. The number of aromatic carboxylic acids is 1. The molecule has 0 saturated carbocycles. The van der Waals surface area contributed by atoms with Gasteiger partial charge in [-0.25, -0.2) is 18.2 Å². The average molecular weight is 506 g/mol. The molecule has 4 aromatic rings. The number of carboxylic acids is 1. The number of nitrogens with zero attached hydrogens (tertiary/aromatic N) is 1. The third kappa shape index (κ3) is 5.38. The van der Waals surface area contributed by atoms with Crippen LogP contribution in [0.5, 0.6) is 5.75 Å². The quantitative estimate of drug-likeness (QED) is 0.342. The summed E-state index contributed by atoms with van der Waals surface area (Å²) in [5, 5.41) is 9.37. The zero-order valence-electron chi connectivity index (χ0n) is 18.0. The van der Waals surface area contributed by atoms with Gasteiger partial charge >= 0.3 is 12.3 Å². The molecule has 0 aliphatic carbocycles. The van der Waals surface area contributed by atoms with Crippen LogP contribution in [0, 0.1) is 0 Å². The fraction of sp³-hybridized carbons (Fsp3) is 0.130. The fourth-order valence-corrected chi connectivity index (χ4v) is 4.43. The highest BCUT2D eigenvalue weighted by Gasteiger charge is 2.31. The average Bonchev–Trinajstić information content (AvgIpc) is 3.21. The first-order chi connectivity index (χ1) is 16.4. The van der Waals surface area contributed by atoms with Crippen molar-refractivity contribution in [2.24, 2.45) is 0 Å². The Morgan fingerprint density at radius 3 is 2.43 bits per heavy atom. The lowest BCUT2D eigenvalue weighted by Crippen LogP contribution is -2.16.